The lowest BCUT2D eigenvalue weighted by Crippen LogP contribution is -2.60. The van der Waals surface area contributed by atoms with Crippen molar-refractivity contribution in [1.82, 2.24) is 9.88 Å². The lowest BCUT2D eigenvalue weighted by atomic mass is 9.92. The Kier molecular flexibility index (Phi) is 3.42. The van der Waals surface area contributed by atoms with Crippen LogP contribution in [-0.4, -0.2) is 52.1 Å². The maximum atomic E-state index is 12.6. The van der Waals surface area contributed by atoms with Gasteiger partial charge in [0.1, 0.15) is 5.69 Å². The summed E-state index contributed by atoms with van der Waals surface area (Å²) in [4.78, 5) is 17.8. The number of amides is 1. The zero-order valence-electron chi connectivity index (χ0n) is 12.7. The number of likely N-dealkylation sites (tertiary alicyclic amines) is 1. The summed E-state index contributed by atoms with van der Waals surface area (Å²) in [6.45, 7) is 4.51. The molecule has 2 aromatic rings. The lowest BCUT2D eigenvalue weighted by Gasteiger charge is -2.47. The van der Waals surface area contributed by atoms with Crippen LogP contribution in [0.25, 0.3) is 10.9 Å². The monoisotopic (exact) mass is 316 g/mol. The van der Waals surface area contributed by atoms with Gasteiger partial charge in [0.25, 0.3) is 5.91 Å². The third-order valence-electron chi connectivity index (χ3n) is 4.58. The van der Waals surface area contributed by atoms with E-state index in [1.165, 1.54) is 0 Å². The van der Waals surface area contributed by atoms with E-state index in [9.17, 15) is 4.79 Å². The molecule has 2 saturated heterocycles. The zero-order chi connectivity index (χ0) is 15.2. The Hall–Kier alpha value is -1.46. The minimum atomic E-state index is 0.113. The van der Waals surface area contributed by atoms with E-state index in [0.29, 0.717) is 11.8 Å². The molecular formula is C17H20N2O2S. The van der Waals surface area contributed by atoms with Gasteiger partial charge in [0.15, 0.2) is 0 Å². The molecule has 5 heteroatoms. The zero-order valence-corrected chi connectivity index (χ0v) is 13.5. The summed E-state index contributed by atoms with van der Waals surface area (Å²) >= 11 is 1.97. The Bertz CT molecular complexity index is 673. The molecule has 4 rings (SSSR count). The van der Waals surface area contributed by atoms with Crippen molar-refractivity contribution in [3.63, 3.8) is 0 Å². The summed E-state index contributed by atoms with van der Waals surface area (Å²) < 4.78 is 5.96. The number of ether oxygens (including phenoxy) is 1. The lowest BCUT2D eigenvalue weighted by molar-refractivity contribution is 0.0356. The number of nitrogens with one attached hydrogen (secondary N) is 1. The maximum absolute atomic E-state index is 12.6. The predicted octanol–water partition coefficient (Wildman–Crippen LogP) is 2.90. The fourth-order valence-corrected chi connectivity index (χ4v) is 5.07. The number of rotatable bonds is 3. The Morgan fingerprint density at radius 1 is 1.45 bits per heavy atom. The minimum absolute atomic E-state index is 0.113. The number of H-pyrrole nitrogens is 1. The van der Waals surface area contributed by atoms with E-state index in [2.05, 4.69) is 4.98 Å². The van der Waals surface area contributed by atoms with Crippen molar-refractivity contribution in [3.05, 3.63) is 36.0 Å². The van der Waals surface area contributed by atoms with Crippen molar-refractivity contribution in [2.45, 2.75) is 24.2 Å². The molecule has 2 aliphatic heterocycles. The minimum Gasteiger partial charge on any atom is -0.378 e. The fourth-order valence-electron chi connectivity index (χ4n) is 3.52. The smallest absolute Gasteiger partial charge is 0.270 e. The van der Waals surface area contributed by atoms with Crippen LogP contribution in [0, 0.1) is 0 Å². The molecular weight excluding hydrogens is 296 g/mol. The van der Waals surface area contributed by atoms with Gasteiger partial charge >= 0.3 is 0 Å². The highest BCUT2D eigenvalue weighted by molar-refractivity contribution is 8.01. The van der Waals surface area contributed by atoms with Crippen LogP contribution >= 0.6 is 11.8 Å². The molecule has 0 aliphatic carbocycles. The van der Waals surface area contributed by atoms with Gasteiger partial charge in [0.05, 0.1) is 10.9 Å². The third kappa shape index (κ3) is 2.32. The molecule has 0 saturated carbocycles. The van der Waals surface area contributed by atoms with Gasteiger partial charge in [-0.05, 0) is 25.5 Å². The summed E-state index contributed by atoms with van der Waals surface area (Å²) in [5.74, 6) is 1.17. The predicted molar refractivity (Wildman–Crippen MR) is 89.4 cm³/mol. The number of carbonyl (C=O) groups excluding carboxylic acids is 1. The van der Waals surface area contributed by atoms with Gasteiger partial charge in [0.2, 0.25) is 0 Å². The van der Waals surface area contributed by atoms with Gasteiger partial charge in [0, 0.05) is 36.4 Å². The Morgan fingerprint density at radius 3 is 3.05 bits per heavy atom. The maximum Gasteiger partial charge on any atom is 0.270 e. The van der Waals surface area contributed by atoms with Gasteiger partial charge in [-0.3, -0.25) is 4.79 Å². The first-order valence-corrected chi connectivity index (χ1v) is 8.80. The molecule has 1 amide bonds. The molecule has 1 atom stereocenters. The number of para-hydroxylation sites is 1. The molecule has 0 bridgehead atoms. The Morgan fingerprint density at radius 2 is 2.27 bits per heavy atom. The largest absolute Gasteiger partial charge is 0.378 e. The van der Waals surface area contributed by atoms with E-state index in [-0.39, 0.29) is 10.7 Å². The summed E-state index contributed by atoms with van der Waals surface area (Å²) in [6, 6.07) is 9.96. The van der Waals surface area contributed by atoms with Crippen LogP contribution < -0.4 is 0 Å². The van der Waals surface area contributed by atoms with Crippen molar-refractivity contribution in [1.29, 1.82) is 0 Å². The quantitative estimate of drug-likeness (QED) is 0.947. The van der Waals surface area contributed by atoms with Crippen LogP contribution in [0.1, 0.15) is 23.8 Å². The second kappa shape index (κ2) is 5.32. The molecule has 0 unspecified atom stereocenters. The highest BCUT2D eigenvalue weighted by Crippen LogP contribution is 2.46. The van der Waals surface area contributed by atoms with Crippen molar-refractivity contribution in [2.24, 2.45) is 0 Å². The topological polar surface area (TPSA) is 45.3 Å². The third-order valence-corrected chi connectivity index (χ3v) is 6.16. The van der Waals surface area contributed by atoms with Crippen LogP contribution in [0.4, 0.5) is 0 Å². The average Bonchev–Trinajstić information content (AvgIpc) is 3.09. The van der Waals surface area contributed by atoms with Crippen LogP contribution in [0.5, 0.6) is 0 Å². The van der Waals surface area contributed by atoms with Gasteiger partial charge in [-0.25, -0.2) is 0 Å². The number of hydrogen-bond donors (Lipinski definition) is 1. The molecule has 22 heavy (non-hydrogen) atoms. The highest BCUT2D eigenvalue weighted by Gasteiger charge is 2.51. The SMILES string of the molecule is CCO[C@@H]1CSC2(C1)CN(C(=O)c1cc3ccccc3[nH]1)C2. The first kappa shape index (κ1) is 14.2. The highest BCUT2D eigenvalue weighted by atomic mass is 32.2. The molecule has 2 fully saturated rings. The van der Waals surface area contributed by atoms with Crippen molar-refractivity contribution in [3.8, 4) is 0 Å². The van der Waals surface area contributed by atoms with E-state index in [0.717, 1.165) is 42.8 Å². The van der Waals surface area contributed by atoms with Gasteiger partial charge < -0.3 is 14.6 Å². The second-order valence-corrected chi connectivity index (χ2v) is 7.70. The van der Waals surface area contributed by atoms with E-state index >= 15 is 0 Å². The number of aromatic nitrogens is 1. The Labute approximate surface area is 134 Å². The number of fused-ring (bicyclic) bond motifs is 1. The number of carbonyl (C=O) groups is 1. The molecule has 1 aromatic carbocycles. The second-order valence-electron chi connectivity index (χ2n) is 6.21. The molecule has 1 aromatic heterocycles. The van der Waals surface area contributed by atoms with Gasteiger partial charge in [-0.2, -0.15) is 0 Å². The molecule has 4 nitrogen and oxygen atoms in total. The van der Waals surface area contributed by atoms with Crippen LogP contribution in [0.3, 0.4) is 0 Å². The number of benzene rings is 1. The fraction of sp³-hybridized carbons (Fsp3) is 0.471. The molecule has 116 valence electrons. The molecule has 1 N–H and O–H groups in total. The molecule has 2 aliphatic rings. The molecule has 1 spiro atoms. The van der Waals surface area contributed by atoms with Gasteiger partial charge in [-0.1, -0.05) is 18.2 Å². The first-order valence-electron chi connectivity index (χ1n) is 7.82. The van der Waals surface area contributed by atoms with Crippen molar-refractivity contribution in [2.75, 3.05) is 25.4 Å². The summed E-state index contributed by atoms with van der Waals surface area (Å²) in [7, 11) is 0. The van der Waals surface area contributed by atoms with Crippen LogP contribution in [0.15, 0.2) is 30.3 Å². The van der Waals surface area contributed by atoms with E-state index in [4.69, 9.17) is 4.74 Å². The van der Waals surface area contributed by atoms with Crippen molar-refractivity contribution >= 4 is 28.6 Å². The van der Waals surface area contributed by atoms with E-state index in [1.807, 2.05) is 53.9 Å². The van der Waals surface area contributed by atoms with Crippen LogP contribution in [-0.2, 0) is 4.74 Å². The standard InChI is InChI=1S/C17H20N2O2S/c1-2-21-13-8-17(22-9-13)10-19(11-17)16(20)15-7-12-5-3-4-6-14(12)18-15/h3-7,13,18H,2,8-11H2,1H3/t13-/m0/s1. The van der Waals surface area contributed by atoms with Crippen LogP contribution in [0.2, 0.25) is 0 Å². The number of hydrogen-bond acceptors (Lipinski definition) is 3. The summed E-state index contributed by atoms with van der Waals surface area (Å²) in [5, 5.41) is 1.09. The van der Waals surface area contributed by atoms with E-state index in [1.54, 1.807) is 0 Å². The normalized spacial score (nSPS) is 23.1. The summed E-state index contributed by atoms with van der Waals surface area (Å²) in [6.07, 6.45) is 1.43. The average molecular weight is 316 g/mol. The van der Waals surface area contributed by atoms with Crippen molar-refractivity contribution < 1.29 is 9.53 Å². The number of nitrogens with zero attached hydrogens (tertiary/aromatic N) is 1. The molecule has 0 radical (unpaired) electrons. The number of aromatic amines is 1. The van der Waals surface area contributed by atoms with E-state index < -0.39 is 0 Å². The molecule has 3 heterocycles. The first-order chi connectivity index (χ1) is 10.7. The number of thioether (sulfide) groups is 1. The Balaban J connectivity index is 1.43. The summed E-state index contributed by atoms with van der Waals surface area (Å²) in [5.41, 5.74) is 1.72. The van der Waals surface area contributed by atoms with Gasteiger partial charge in [-0.15, -0.1) is 11.8 Å².